The molecule has 0 saturated heterocycles. The number of anilines is 1. The van der Waals surface area contributed by atoms with E-state index in [0.29, 0.717) is 16.3 Å². The fourth-order valence-corrected chi connectivity index (χ4v) is 4.26. The Morgan fingerprint density at radius 3 is 2.80 bits per heavy atom. The van der Waals surface area contributed by atoms with Crippen molar-refractivity contribution in [1.82, 2.24) is 9.97 Å². The number of hydrogen-bond acceptors (Lipinski definition) is 7. The number of nitrogens with zero attached hydrogens (tertiary/aromatic N) is 2. The highest BCUT2D eigenvalue weighted by Gasteiger charge is 2.18. The van der Waals surface area contributed by atoms with Crippen LogP contribution in [-0.4, -0.2) is 30.1 Å². The molecule has 0 atom stereocenters. The zero-order valence-electron chi connectivity index (χ0n) is 10.5. The van der Waals surface area contributed by atoms with Crippen LogP contribution < -0.4 is 4.72 Å². The Morgan fingerprint density at radius 2 is 2.15 bits per heavy atom. The van der Waals surface area contributed by atoms with Crippen molar-refractivity contribution in [1.29, 1.82) is 0 Å². The Hall–Kier alpha value is -1.47. The Labute approximate surface area is 124 Å². The molecular formula is C11H11N3O3S3. The first kappa shape index (κ1) is 14.9. The number of aromatic nitrogens is 2. The fourth-order valence-electron chi connectivity index (χ4n) is 1.22. The first-order valence-electron chi connectivity index (χ1n) is 5.52. The molecule has 2 aromatic heterocycles. The predicted octanol–water partition coefficient (Wildman–Crippen LogP) is 1.44. The molecule has 0 amide bonds. The number of aliphatic hydroxyl groups excluding tert-OH is 1. The number of thiazole rings is 2. The summed E-state index contributed by atoms with van der Waals surface area (Å²) in [6.07, 6.45) is 3.18. The molecule has 106 valence electrons. The second-order valence-corrected chi connectivity index (χ2v) is 7.78. The third kappa shape index (κ3) is 3.77. The summed E-state index contributed by atoms with van der Waals surface area (Å²) in [5, 5.41) is 9.55. The van der Waals surface area contributed by atoms with Crippen LogP contribution in [0.2, 0.25) is 0 Å². The molecule has 0 fully saturated rings. The van der Waals surface area contributed by atoms with Crippen LogP contribution in [0.5, 0.6) is 0 Å². The summed E-state index contributed by atoms with van der Waals surface area (Å²) in [6, 6.07) is 0. The lowest BCUT2D eigenvalue weighted by Gasteiger charge is -2.00. The highest BCUT2D eigenvalue weighted by atomic mass is 32.2. The number of aryl methyl sites for hydroxylation is 1. The monoisotopic (exact) mass is 329 g/mol. The van der Waals surface area contributed by atoms with Crippen molar-refractivity contribution >= 4 is 37.8 Å². The van der Waals surface area contributed by atoms with Gasteiger partial charge < -0.3 is 5.11 Å². The SMILES string of the molecule is Cc1ncc(S(=O)(=O)Nc2ncc(C#CCCO)s2)s1. The molecule has 0 aliphatic heterocycles. The summed E-state index contributed by atoms with van der Waals surface area (Å²) >= 11 is 2.24. The van der Waals surface area contributed by atoms with Crippen LogP contribution in [0, 0.1) is 18.8 Å². The van der Waals surface area contributed by atoms with Gasteiger partial charge in [-0.25, -0.2) is 18.4 Å². The van der Waals surface area contributed by atoms with E-state index in [1.165, 1.54) is 12.4 Å². The summed E-state index contributed by atoms with van der Waals surface area (Å²) in [5.41, 5.74) is 0. The molecule has 2 rings (SSSR count). The number of rotatable bonds is 4. The van der Waals surface area contributed by atoms with Crippen LogP contribution in [0.3, 0.4) is 0 Å². The quantitative estimate of drug-likeness (QED) is 0.828. The molecule has 0 bridgehead atoms. The maximum atomic E-state index is 12.0. The van der Waals surface area contributed by atoms with Crippen LogP contribution >= 0.6 is 22.7 Å². The molecule has 2 N–H and O–H groups in total. The highest BCUT2D eigenvalue weighted by molar-refractivity contribution is 7.94. The Balaban J connectivity index is 2.13. The van der Waals surface area contributed by atoms with E-state index in [-0.39, 0.29) is 15.9 Å². The third-order valence-electron chi connectivity index (χ3n) is 2.04. The maximum Gasteiger partial charge on any atom is 0.274 e. The van der Waals surface area contributed by atoms with E-state index in [4.69, 9.17) is 5.11 Å². The normalized spacial score (nSPS) is 10.9. The van der Waals surface area contributed by atoms with Crippen molar-refractivity contribution < 1.29 is 13.5 Å². The van der Waals surface area contributed by atoms with E-state index in [0.717, 1.165) is 22.7 Å². The smallest absolute Gasteiger partial charge is 0.274 e. The van der Waals surface area contributed by atoms with Gasteiger partial charge in [0.1, 0.15) is 0 Å². The summed E-state index contributed by atoms with van der Waals surface area (Å²) in [4.78, 5) is 8.51. The van der Waals surface area contributed by atoms with Gasteiger partial charge in [0.05, 0.1) is 28.9 Å². The Bertz CT molecular complexity index is 752. The summed E-state index contributed by atoms with van der Waals surface area (Å²) in [7, 11) is -3.64. The summed E-state index contributed by atoms with van der Waals surface area (Å²) in [5.74, 6) is 5.54. The minimum atomic E-state index is -3.64. The fraction of sp³-hybridized carbons (Fsp3) is 0.273. The summed E-state index contributed by atoms with van der Waals surface area (Å²) in [6.45, 7) is 1.73. The van der Waals surface area contributed by atoms with Gasteiger partial charge >= 0.3 is 0 Å². The van der Waals surface area contributed by atoms with Gasteiger partial charge in [-0.05, 0) is 6.92 Å². The van der Waals surface area contributed by atoms with Gasteiger partial charge in [-0.3, -0.25) is 4.72 Å². The van der Waals surface area contributed by atoms with Crippen molar-refractivity contribution in [2.24, 2.45) is 0 Å². The van der Waals surface area contributed by atoms with Gasteiger partial charge in [-0.15, -0.1) is 11.3 Å². The average molecular weight is 329 g/mol. The minimum absolute atomic E-state index is 0.00395. The van der Waals surface area contributed by atoms with Gasteiger partial charge in [0.15, 0.2) is 9.34 Å². The number of hydrogen-bond donors (Lipinski definition) is 2. The van der Waals surface area contributed by atoms with Crippen LogP contribution in [0.1, 0.15) is 16.3 Å². The van der Waals surface area contributed by atoms with E-state index in [2.05, 4.69) is 26.5 Å². The molecular weight excluding hydrogens is 318 g/mol. The molecule has 0 saturated carbocycles. The minimum Gasteiger partial charge on any atom is -0.395 e. The van der Waals surface area contributed by atoms with Crippen LogP contribution in [0.4, 0.5) is 5.13 Å². The lowest BCUT2D eigenvalue weighted by atomic mass is 10.4. The largest absolute Gasteiger partial charge is 0.395 e. The molecule has 0 aliphatic carbocycles. The van der Waals surface area contributed by atoms with Gasteiger partial charge in [-0.1, -0.05) is 23.2 Å². The lowest BCUT2D eigenvalue weighted by molar-refractivity contribution is 0.305. The van der Waals surface area contributed by atoms with E-state index in [1.54, 1.807) is 6.92 Å². The van der Waals surface area contributed by atoms with Gasteiger partial charge in [0, 0.05) is 6.42 Å². The molecule has 6 nitrogen and oxygen atoms in total. The standard InChI is InChI=1S/C11H11N3O3S3/c1-8-12-7-10(18-8)20(16,17)14-11-13-6-9(19-11)4-2-3-5-15/h6-7,15H,3,5H2,1H3,(H,13,14). The van der Waals surface area contributed by atoms with E-state index in [9.17, 15) is 8.42 Å². The molecule has 20 heavy (non-hydrogen) atoms. The van der Waals surface area contributed by atoms with E-state index in [1.807, 2.05) is 0 Å². The number of aliphatic hydroxyl groups is 1. The topological polar surface area (TPSA) is 92.2 Å². The maximum absolute atomic E-state index is 12.0. The molecule has 0 radical (unpaired) electrons. The van der Waals surface area contributed by atoms with Crippen molar-refractivity contribution in [2.75, 3.05) is 11.3 Å². The molecule has 0 aliphatic rings. The molecule has 0 aromatic carbocycles. The molecule has 2 heterocycles. The van der Waals surface area contributed by atoms with E-state index >= 15 is 0 Å². The second-order valence-electron chi connectivity index (χ2n) is 3.61. The zero-order valence-corrected chi connectivity index (χ0v) is 12.9. The predicted molar refractivity (Wildman–Crippen MR) is 78.4 cm³/mol. The first-order valence-corrected chi connectivity index (χ1v) is 8.63. The average Bonchev–Trinajstić information content (AvgIpc) is 2.99. The Kier molecular flexibility index (Phi) is 4.72. The molecule has 2 aromatic rings. The number of nitrogens with one attached hydrogen (secondary N) is 1. The van der Waals surface area contributed by atoms with Crippen LogP contribution in [0.15, 0.2) is 16.6 Å². The van der Waals surface area contributed by atoms with Crippen LogP contribution in [0.25, 0.3) is 0 Å². The molecule has 0 spiro atoms. The van der Waals surface area contributed by atoms with Crippen molar-refractivity contribution in [3.8, 4) is 11.8 Å². The van der Waals surface area contributed by atoms with Crippen molar-refractivity contribution in [3.63, 3.8) is 0 Å². The molecule has 9 heteroatoms. The highest BCUT2D eigenvalue weighted by Crippen LogP contribution is 2.24. The number of sulfonamides is 1. The zero-order chi connectivity index (χ0) is 14.6. The van der Waals surface area contributed by atoms with Gasteiger partial charge in [0.2, 0.25) is 0 Å². The van der Waals surface area contributed by atoms with E-state index < -0.39 is 10.0 Å². The molecule has 0 unspecified atom stereocenters. The lowest BCUT2D eigenvalue weighted by Crippen LogP contribution is -2.11. The second kappa shape index (κ2) is 6.32. The van der Waals surface area contributed by atoms with Gasteiger partial charge in [-0.2, -0.15) is 0 Å². The van der Waals surface area contributed by atoms with Crippen molar-refractivity contribution in [2.45, 2.75) is 17.6 Å². The van der Waals surface area contributed by atoms with Crippen molar-refractivity contribution in [3.05, 3.63) is 22.3 Å². The Morgan fingerprint density at radius 1 is 1.35 bits per heavy atom. The van der Waals surface area contributed by atoms with Gasteiger partial charge in [0.25, 0.3) is 10.0 Å². The third-order valence-corrected chi connectivity index (χ3v) is 5.71. The summed E-state index contributed by atoms with van der Waals surface area (Å²) < 4.78 is 26.6. The first-order chi connectivity index (χ1) is 9.51. The van der Waals surface area contributed by atoms with Crippen LogP contribution in [-0.2, 0) is 10.0 Å².